The molecule has 1 rings (SSSR count). The van der Waals surface area contributed by atoms with Crippen LogP contribution in [0.15, 0.2) is 18.2 Å². The molecule has 0 saturated carbocycles. The van der Waals surface area contributed by atoms with Crippen LogP contribution in [0.1, 0.15) is 16.7 Å². The van der Waals surface area contributed by atoms with Crippen molar-refractivity contribution in [2.24, 2.45) is 5.73 Å². The summed E-state index contributed by atoms with van der Waals surface area (Å²) in [5.74, 6) is -0.396. The maximum absolute atomic E-state index is 10.6. The molecule has 2 heteroatoms. The van der Waals surface area contributed by atoms with Crippen molar-refractivity contribution in [1.82, 2.24) is 0 Å². The van der Waals surface area contributed by atoms with E-state index in [1.807, 2.05) is 32.0 Å². The summed E-state index contributed by atoms with van der Waals surface area (Å²) >= 11 is 0. The molecule has 1 aromatic carbocycles. The lowest BCUT2D eigenvalue weighted by atomic mass is 10.0. The smallest absolute Gasteiger partial charge is 0.226 e. The van der Waals surface area contributed by atoms with Crippen LogP contribution in [0.2, 0.25) is 0 Å². The number of carbonyl (C=O) groups excluding carboxylic acids is 1. The van der Waals surface area contributed by atoms with Gasteiger partial charge in [-0.2, -0.15) is 0 Å². The van der Waals surface area contributed by atoms with Crippen LogP contribution in [0.25, 0.3) is 0 Å². The number of primary amides is 1. The van der Waals surface area contributed by atoms with Crippen molar-refractivity contribution in [2.75, 3.05) is 0 Å². The molecule has 0 fully saturated rings. The highest BCUT2D eigenvalue weighted by Gasteiger charge is 2.04. The summed E-state index contributed by atoms with van der Waals surface area (Å²) in [5.41, 5.74) is 8.16. The van der Waals surface area contributed by atoms with Crippen LogP contribution in [0, 0.1) is 20.3 Å². The number of nitrogens with two attached hydrogens (primary N) is 1. The van der Waals surface area contributed by atoms with Crippen LogP contribution >= 0.6 is 0 Å². The van der Waals surface area contributed by atoms with Crippen LogP contribution in [-0.4, -0.2) is 5.91 Å². The summed E-state index contributed by atoms with van der Waals surface area (Å²) in [4.78, 5) is 10.6. The molecule has 0 aromatic heterocycles. The van der Waals surface area contributed by atoms with E-state index in [-0.39, 0.29) is 0 Å². The zero-order valence-electron chi connectivity index (χ0n) is 7.29. The van der Waals surface area contributed by atoms with E-state index in [1.165, 1.54) is 6.42 Å². The summed E-state index contributed by atoms with van der Waals surface area (Å²) in [5, 5.41) is 0. The van der Waals surface area contributed by atoms with Gasteiger partial charge in [-0.15, -0.1) is 0 Å². The first kappa shape index (κ1) is 8.78. The van der Waals surface area contributed by atoms with Gasteiger partial charge >= 0.3 is 0 Å². The highest BCUT2D eigenvalue weighted by Crippen LogP contribution is 2.14. The van der Waals surface area contributed by atoms with Crippen LogP contribution < -0.4 is 5.73 Å². The molecule has 0 aliphatic carbocycles. The van der Waals surface area contributed by atoms with Gasteiger partial charge in [-0.1, -0.05) is 18.2 Å². The lowest BCUT2D eigenvalue weighted by molar-refractivity contribution is -0.114. The molecule has 0 unspecified atom stereocenters. The Hall–Kier alpha value is -1.31. The van der Waals surface area contributed by atoms with E-state index in [2.05, 4.69) is 0 Å². The van der Waals surface area contributed by atoms with Crippen molar-refractivity contribution in [1.29, 1.82) is 0 Å². The number of benzene rings is 1. The molecule has 0 saturated heterocycles. The van der Waals surface area contributed by atoms with E-state index in [1.54, 1.807) is 0 Å². The van der Waals surface area contributed by atoms with Gasteiger partial charge in [-0.3, -0.25) is 4.79 Å². The Labute approximate surface area is 72.4 Å². The van der Waals surface area contributed by atoms with Gasteiger partial charge in [0.15, 0.2) is 0 Å². The Bertz CT molecular complexity index is 284. The number of hydrogen-bond acceptors (Lipinski definition) is 1. The van der Waals surface area contributed by atoms with E-state index in [0.717, 1.165) is 16.7 Å². The molecule has 1 radical (unpaired) electrons. The van der Waals surface area contributed by atoms with E-state index < -0.39 is 5.91 Å². The molecule has 12 heavy (non-hydrogen) atoms. The Morgan fingerprint density at radius 1 is 1.33 bits per heavy atom. The quantitative estimate of drug-likeness (QED) is 0.700. The van der Waals surface area contributed by atoms with Crippen molar-refractivity contribution in [3.05, 3.63) is 41.3 Å². The molecule has 1 amide bonds. The number of carbonyl (C=O) groups is 1. The first-order chi connectivity index (χ1) is 5.61. The molecule has 1 aromatic rings. The predicted molar refractivity (Wildman–Crippen MR) is 48.5 cm³/mol. The maximum atomic E-state index is 10.6. The molecular formula is C10H12NO. The standard InChI is InChI=1S/C10H12NO/c1-7-4-3-5-8(2)9(7)6-10(11)12/h3-6H,1-2H3,(H2,11,12). The van der Waals surface area contributed by atoms with Gasteiger partial charge in [-0.25, -0.2) is 0 Å². The van der Waals surface area contributed by atoms with Gasteiger partial charge in [0.1, 0.15) is 0 Å². The number of rotatable bonds is 2. The van der Waals surface area contributed by atoms with Gasteiger partial charge in [-0.05, 0) is 30.5 Å². The van der Waals surface area contributed by atoms with Crippen LogP contribution in [0.5, 0.6) is 0 Å². The van der Waals surface area contributed by atoms with Gasteiger partial charge in [0.25, 0.3) is 0 Å². The average Bonchev–Trinajstić information content (AvgIpc) is 1.97. The summed E-state index contributed by atoms with van der Waals surface area (Å²) < 4.78 is 0. The first-order valence-electron chi connectivity index (χ1n) is 3.81. The highest BCUT2D eigenvalue weighted by atomic mass is 16.1. The minimum Gasteiger partial charge on any atom is -0.369 e. The Kier molecular flexibility index (Phi) is 2.48. The normalized spacial score (nSPS) is 9.83. The van der Waals surface area contributed by atoms with Gasteiger partial charge in [0.05, 0.1) is 6.42 Å². The minimum atomic E-state index is -0.396. The van der Waals surface area contributed by atoms with E-state index in [9.17, 15) is 4.79 Å². The molecule has 0 aliphatic heterocycles. The van der Waals surface area contributed by atoms with E-state index in [4.69, 9.17) is 5.73 Å². The predicted octanol–water partition coefficient (Wildman–Crippen LogP) is 1.34. The third kappa shape index (κ3) is 1.84. The van der Waals surface area contributed by atoms with Crippen molar-refractivity contribution < 1.29 is 4.79 Å². The second kappa shape index (κ2) is 3.39. The van der Waals surface area contributed by atoms with Crippen molar-refractivity contribution in [3.8, 4) is 0 Å². The third-order valence-electron chi connectivity index (χ3n) is 1.83. The van der Waals surface area contributed by atoms with Crippen LogP contribution in [0.3, 0.4) is 0 Å². The zero-order chi connectivity index (χ0) is 9.14. The largest absolute Gasteiger partial charge is 0.369 e. The number of aryl methyl sites for hydroxylation is 2. The van der Waals surface area contributed by atoms with E-state index in [0.29, 0.717) is 0 Å². The van der Waals surface area contributed by atoms with Crippen molar-refractivity contribution >= 4 is 5.91 Å². The van der Waals surface area contributed by atoms with Gasteiger partial charge in [0, 0.05) is 0 Å². The average molecular weight is 162 g/mol. The summed E-state index contributed by atoms with van der Waals surface area (Å²) in [7, 11) is 0. The zero-order valence-corrected chi connectivity index (χ0v) is 7.29. The molecule has 0 atom stereocenters. The topological polar surface area (TPSA) is 43.1 Å². The van der Waals surface area contributed by atoms with Crippen molar-refractivity contribution in [3.63, 3.8) is 0 Å². The fraction of sp³-hybridized carbons (Fsp3) is 0.200. The fourth-order valence-corrected chi connectivity index (χ4v) is 1.20. The van der Waals surface area contributed by atoms with Crippen molar-refractivity contribution in [2.45, 2.75) is 13.8 Å². The van der Waals surface area contributed by atoms with Crippen LogP contribution in [-0.2, 0) is 4.79 Å². The third-order valence-corrected chi connectivity index (χ3v) is 1.83. The lowest BCUT2D eigenvalue weighted by Gasteiger charge is -2.05. The van der Waals surface area contributed by atoms with Gasteiger partial charge in [0.2, 0.25) is 5.91 Å². The van der Waals surface area contributed by atoms with Crippen LogP contribution in [0.4, 0.5) is 0 Å². The summed E-state index contributed by atoms with van der Waals surface area (Å²) in [6.45, 7) is 3.92. The molecule has 2 N–H and O–H groups in total. The SMILES string of the molecule is Cc1cccc(C)c1[CH]C(N)=O. The Morgan fingerprint density at radius 2 is 1.83 bits per heavy atom. The first-order valence-corrected chi connectivity index (χ1v) is 3.81. The molecule has 2 nitrogen and oxygen atoms in total. The lowest BCUT2D eigenvalue weighted by Crippen LogP contribution is -2.12. The Morgan fingerprint density at radius 3 is 2.25 bits per heavy atom. The second-order valence-corrected chi connectivity index (χ2v) is 2.85. The fourth-order valence-electron chi connectivity index (χ4n) is 1.20. The molecule has 0 heterocycles. The van der Waals surface area contributed by atoms with Gasteiger partial charge < -0.3 is 5.73 Å². The van der Waals surface area contributed by atoms with E-state index >= 15 is 0 Å². The summed E-state index contributed by atoms with van der Waals surface area (Å²) in [6.07, 6.45) is 1.46. The summed E-state index contributed by atoms with van der Waals surface area (Å²) in [6, 6.07) is 5.88. The molecule has 0 spiro atoms. The molecule has 0 bridgehead atoms. The maximum Gasteiger partial charge on any atom is 0.226 e. The highest BCUT2D eigenvalue weighted by molar-refractivity contribution is 5.87. The monoisotopic (exact) mass is 162 g/mol. The Balaban J connectivity index is 3.04. The minimum absolute atomic E-state index is 0.396. The second-order valence-electron chi connectivity index (χ2n) is 2.85. The molecule has 0 aliphatic rings. The molecular weight excluding hydrogens is 150 g/mol. The number of hydrogen-bond donors (Lipinski definition) is 1. The number of amides is 1. The molecule has 63 valence electrons.